The molecule has 0 aliphatic carbocycles. The van der Waals surface area contributed by atoms with E-state index in [9.17, 15) is 9.59 Å². The van der Waals surface area contributed by atoms with Crippen molar-refractivity contribution in [3.8, 4) is 0 Å². The van der Waals surface area contributed by atoms with Crippen LogP contribution in [0.15, 0.2) is 30.3 Å². The highest BCUT2D eigenvalue weighted by Crippen LogP contribution is 2.11. The Morgan fingerprint density at radius 3 is 2.71 bits per heavy atom. The van der Waals surface area contributed by atoms with E-state index in [0.29, 0.717) is 26.1 Å². The molecule has 2 amide bonds. The fourth-order valence-corrected chi connectivity index (χ4v) is 2.27. The molecular formula is C16H22N2O3. The zero-order chi connectivity index (χ0) is 15.3. The Morgan fingerprint density at radius 1 is 1.38 bits per heavy atom. The Labute approximate surface area is 125 Å². The van der Waals surface area contributed by atoms with Crippen LogP contribution in [0.4, 0.5) is 0 Å². The number of ether oxygens (including phenoxy) is 1. The minimum Gasteiger partial charge on any atom is -0.374 e. The van der Waals surface area contributed by atoms with Crippen LogP contribution in [0.3, 0.4) is 0 Å². The molecule has 5 nitrogen and oxygen atoms in total. The van der Waals surface area contributed by atoms with Crippen LogP contribution in [-0.2, 0) is 20.9 Å². The van der Waals surface area contributed by atoms with Gasteiger partial charge in [0.25, 0.3) is 0 Å². The molecule has 2 N–H and O–H groups in total. The molecule has 0 aromatic heterocycles. The van der Waals surface area contributed by atoms with E-state index in [1.54, 1.807) is 0 Å². The third-order valence-electron chi connectivity index (χ3n) is 3.35. The van der Waals surface area contributed by atoms with Gasteiger partial charge in [0.2, 0.25) is 11.8 Å². The number of carbonyl (C=O) groups excluding carboxylic acids is 2. The van der Waals surface area contributed by atoms with Gasteiger partial charge in [-0.1, -0.05) is 30.3 Å². The van der Waals surface area contributed by atoms with E-state index in [2.05, 4.69) is 10.6 Å². The number of hydrogen-bond acceptors (Lipinski definition) is 3. The summed E-state index contributed by atoms with van der Waals surface area (Å²) >= 11 is 0. The maximum Gasteiger partial charge on any atom is 0.243 e. The number of amides is 2. The topological polar surface area (TPSA) is 67.4 Å². The minimum absolute atomic E-state index is 0.0618. The number of rotatable bonds is 6. The molecule has 0 spiro atoms. The normalized spacial score (nSPS) is 18.4. The van der Waals surface area contributed by atoms with Crippen LogP contribution in [0.5, 0.6) is 0 Å². The average Bonchev–Trinajstić information content (AvgIpc) is 2.86. The molecule has 1 aliphatic heterocycles. The van der Waals surface area contributed by atoms with Gasteiger partial charge in [-0.05, 0) is 25.8 Å². The lowest BCUT2D eigenvalue weighted by molar-refractivity contribution is -0.127. The van der Waals surface area contributed by atoms with Crippen LogP contribution < -0.4 is 10.6 Å². The first-order chi connectivity index (χ1) is 9.96. The molecule has 114 valence electrons. The predicted molar refractivity (Wildman–Crippen MR) is 79.5 cm³/mol. The summed E-state index contributed by atoms with van der Waals surface area (Å²) in [5.41, 5.74) is 0.627. The molecule has 5 heteroatoms. The molecule has 1 aliphatic rings. The van der Waals surface area contributed by atoms with Gasteiger partial charge in [0.05, 0.1) is 18.8 Å². The third kappa shape index (κ3) is 4.86. The van der Waals surface area contributed by atoms with E-state index in [4.69, 9.17) is 4.74 Å². The zero-order valence-electron chi connectivity index (χ0n) is 12.5. The summed E-state index contributed by atoms with van der Waals surface area (Å²) in [6, 6.07) is 9.48. The molecule has 0 radical (unpaired) electrons. The molecule has 0 bridgehead atoms. The smallest absolute Gasteiger partial charge is 0.243 e. The number of nitrogens with one attached hydrogen (secondary N) is 2. The zero-order valence-corrected chi connectivity index (χ0v) is 12.5. The van der Waals surface area contributed by atoms with Crippen LogP contribution in [0.1, 0.15) is 32.3 Å². The molecule has 1 heterocycles. The van der Waals surface area contributed by atoms with Crippen LogP contribution in [0.25, 0.3) is 0 Å². The minimum atomic E-state index is -0.473. The highest BCUT2D eigenvalue weighted by atomic mass is 16.5. The number of hydrogen-bond donors (Lipinski definition) is 2. The largest absolute Gasteiger partial charge is 0.374 e. The summed E-state index contributed by atoms with van der Waals surface area (Å²) in [5.74, 6) is -0.206. The van der Waals surface area contributed by atoms with Crippen molar-refractivity contribution in [1.29, 1.82) is 0 Å². The molecular weight excluding hydrogens is 268 g/mol. The lowest BCUT2D eigenvalue weighted by Gasteiger charge is -2.27. The van der Waals surface area contributed by atoms with Gasteiger partial charge in [-0.15, -0.1) is 0 Å². The number of benzene rings is 1. The fraction of sp³-hybridized carbons (Fsp3) is 0.500. The van der Waals surface area contributed by atoms with Gasteiger partial charge < -0.3 is 15.4 Å². The molecule has 21 heavy (non-hydrogen) atoms. The first-order valence-electron chi connectivity index (χ1n) is 7.19. The van der Waals surface area contributed by atoms with E-state index in [1.807, 2.05) is 44.2 Å². The molecule has 1 aromatic rings. The summed E-state index contributed by atoms with van der Waals surface area (Å²) < 4.78 is 5.67. The maximum absolute atomic E-state index is 12.1. The van der Waals surface area contributed by atoms with E-state index in [1.165, 1.54) is 0 Å². The average molecular weight is 290 g/mol. The standard InChI is InChI=1S/C16H22N2O3/c1-16(2,11-21-10-12-6-4-3-5-7-12)18-15(20)13-8-9-14(19)17-13/h3-7,13H,8-11H2,1-2H3,(H,17,19)(H,18,20)/t13-/m0/s1. The van der Waals surface area contributed by atoms with Gasteiger partial charge in [-0.3, -0.25) is 9.59 Å². The molecule has 1 atom stereocenters. The van der Waals surface area contributed by atoms with Gasteiger partial charge in [0.1, 0.15) is 6.04 Å². The summed E-state index contributed by atoms with van der Waals surface area (Å²) in [4.78, 5) is 23.2. The van der Waals surface area contributed by atoms with Crippen molar-refractivity contribution in [2.45, 2.75) is 44.9 Å². The predicted octanol–water partition coefficient (Wildman–Crippen LogP) is 1.38. The van der Waals surface area contributed by atoms with Crippen LogP contribution in [-0.4, -0.2) is 30.0 Å². The fourth-order valence-electron chi connectivity index (χ4n) is 2.27. The molecule has 0 unspecified atom stereocenters. The quantitative estimate of drug-likeness (QED) is 0.831. The summed E-state index contributed by atoms with van der Waals surface area (Å²) in [7, 11) is 0. The Hall–Kier alpha value is -1.88. The highest BCUT2D eigenvalue weighted by molar-refractivity contribution is 5.91. The highest BCUT2D eigenvalue weighted by Gasteiger charge is 2.30. The summed E-state index contributed by atoms with van der Waals surface area (Å²) in [6.45, 7) is 4.74. The molecule has 1 aromatic carbocycles. The monoisotopic (exact) mass is 290 g/mol. The molecule has 1 fully saturated rings. The summed E-state index contributed by atoms with van der Waals surface area (Å²) in [5, 5.41) is 5.59. The van der Waals surface area contributed by atoms with Crippen molar-refractivity contribution in [2.75, 3.05) is 6.61 Å². The van der Waals surface area contributed by atoms with Crippen molar-refractivity contribution < 1.29 is 14.3 Å². The summed E-state index contributed by atoms with van der Waals surface area (Å²) in [6.07, 6.45) is 0.981. The molecule has 1 saturated heterocycles. The van der Waals surface area contributed by atoms with Crippen molar-refractivity contribution in [3.05, 3.63) is 35.9 Å². The van der Waals surface area contributed by atoms with Crippen molar-refractivity contribution in [2.24, 2.45) is 0 Å². The van der Waals surface area contributed by atoms with Crippen molar-refractivity contribution in [1.82, 2.24) is 10.6 Å². The second kappa shape index (κ2) is 6.72. The first-order valence-corrected chi connectivity index (χ1v) is 7.19. The van der Waals surface area contributed by atoms with E-state index in [0.717, 1.165) is 5.56 Å². The van der Waals surface area contributed by atoms with Crippen LogP contribution in [0, 0.1) is 0 Å². The maximum atomic E-state index is 12.1. The van der Waals surface area contributed by atoms with Crippen LogP contribution >= 0.6 is 0 Å². The van der Waals surface area contributed by atoms with Crippen LogP contribution in [0.2, 0.25) is 0 Å². The van der Waals surface area contributed by atoms with Gasteiger partial charge in [-0.2, -0.15) is 0 Å². The molecule has 0 saturated carbocycles. The SMILES string of the molecule is CC(C)(COCc1ccccc1)NC(=O)[C@@H]1CCC(=O)N1. The Bertz CT molecular complexity index is 500. The Morgan fingerprint density at radius 2 is 2.10 bits per heavy atom. The molecule has 2 rings (SSSR count). The van der Waals surface area contributed by atoms with Gasteiger partial charge >= 0.3 is 0 Å². The van der Waals surface area contributed by atoms with E-state index in [-0.39, 0.29) is 11.8 Å². The van der Waals surface area contributed by atoms with Crippen molar-refractivity contribution >= 4 is 11.8 Å². The Kier molecular flexibility index (Phi) is 4.96. The lowest BCUT2D eigenvalue weighted by Crippen LogP contribution is -2.52. The van der Waals surface area contributed by atoms with Gasteiger partial charge in [0, 0.05) is 6.42 Å². The van der Waals surface area contributed by atoms with Crippen molar-refractivity contribution in [3.63, 3.8) is 0 Å². The first kappa shape index (κ1) is 15.5. The van der Waals surface area contributed by atoms with Gasteiger partial charge in [-0.25, -0.2) is 0 Å². The third-order valence-corrected chi connectivity index (χ3v) is 3.35. The second-order valence-electron chi connectivity index (χ2n) is 6.01. The van der Waals surface area contributed by atoms with E-state index >= 15 is 0 Å². The number of carbonyl (C=O) groups is 2. The lowest BCUT2D eigenvalue weighted by atomic mass is 10.1. The Balaban J connectivity index is 1.76. The second-order valence-corrected chi connectivity index (χ2v) is 6.01. The van der Waals surface area contributed by atoms with Gasteiger partial charge in [0.15, 0.2) is 0 Å². The van der Waals surface area contributed by atoms with E-state index < -0.39 is 11.6 Å².